The zero-order valence-electron chi connectivity index (χ0n) is 25.7. The van der Waals surface area contributed by atoms with E-state index >= 15 is 0 Å². The van der Waals surface area contributed by atoms with E-state index in [0.717, 1.165) is 33.9 Å². The lowest BCUT2D eigenvalue weighted by Gasteiger charge is -2.22. The average Bonchev–Trinajstić information content (AvgIpc) is 3.61. The van der Waals surface area contributed by atoms with Crippen molar-refractivity contribution in [1.82, 2.24) is 9.97 Å². The van der Waals surface area contributed by atoms with Gasteiger partial charge in [0.1, 0.15) is 0 Å². The summed E-state index contributed by atoms with van der Waals surface area (Å²) in [5.41, 5.74) is 12.9. The number of hydrogen-bond donors (Lipinski definition) is 0. The van der Waals surface area contributed by atoms with E-state index in [1.165, 1.54) is 53.6 Å². The summed E-state index contributed by atoms with van der Waals surface area (Å²) < 4.78 is 2.48. The molecule has 2 aromatic heterocycles. The topological polar surface area (TPSA) is 25.8 Å². The highest BCUT2D eigenvalue weighted by Gasteiger charge is 2.35. The van der Waals surface area contributed by atoms with Crippen molar-refractivity contribution in [2.24, 2.45) is 0 Å². The van der Waals surface area contributed by atoms with Crippen LogP contribution in [-0.4, -0.2) is 9.97 Å². The summed E-state index contributed by atoms with van der Waals surface area (Å²) in [5.74, 6) is 0.744. The molecule has 8 aromatic rings. The van der Waals surface area contributed by atoms with Crippen molar-refractivity contribution in [2.45, 2.75) is 19.3 Å². The van der Waals surface area contributed by atoms with Gasteiger partial charge in [-0.25, -0.2) is 9.97 Å². The summed E-state index contributed by atoms with van der Waals surface area (Å²) in [6, 6.07) is 52.1. The molecule has 1 aliphatic carbocycles. The van der Waals surface area contributed by atoms with Crippen LogP contribution in [0.15, 0.2) is 146 Å². The fourth-order valence-electron chi connectivity index (χ4n) is 7.20. The van der Waals surface area contributed by atoms with E-state index in [1.54, 1.807) is 0 Å². The molecule has 0 atom stereocenters. The maximum atomic E-state index is 5.21. The Hall–Kier alpha value is -5.38. The molecule has 46 heavy (non-hydrogen) atoms. The van der Waals surface area contributed by atoms with Gasteiger partial charge >= 0.3 is 0 Å². The van der Waals surface area contributed by atoms with Crippen LogP contribution in [0.25, 0.3) is 76.3 Å². The summed E-state index contributed by atoms with van der Waals surface area (Å²) in [6.45, 7) is 4.70. The maximum absolute atomic E-state index is 5.21. The van der Waals surface area contributed by atoms with Gasteiger partial charge in [0.05, 0.1) is 11.4 Å². The van der Waals surface area contributed by atoms with Crippen LogP contribution in [0.3, 0.4) is 0 Å². The molecule has 0 N–H and O–H groups in total. The molecule has 1 aliphatic rings. The molecule has 218 valence electrons. The molecule has 0 saturated carbocycles. The fraction of sp³-hybridized carbons (Fsp3) is 0.0698. The van der Waals surface area contributed by atoms with E-state index in [-0.39, 0.29) is 5.41 Å². The smallest absolute Gasteiger partial charge is 0.161 e. The molecule has 0 bridgehead atoms. The van der Waals surface area contributed by atoms with Crippen molar-refractivity contribution in [3.8, 4) is 56.2 Å². The van der Waals surface area contributed by atoms with Crippen LogP contribution >= 0.6 is 11.3 Å². The minimum Gasteiger partial charge on any atom is -0.228 e. The summed E-state index contributed by atoms with van der Waals surface area (Å²) in [6.07, 6.45) is 0. The van der Waals surface area contributed by atoms with Crippen LogP contribution in [0.5, 0.6) is 0 Å². The Morgan fingerprint density at radius 1 is 0.478 bits per heavy atom. The number of benzene rings is 6. The van der Waals surface area contributed by atoms with Crippen molar-refractivity contribution in [1.29, 1.82) is 0 Å². The van der Waals surface area contributed by atoms with Gasteiger partial charge in [0.2, 0.25) is 0 Å². The Balaban J connectivity index is 1.28. The van der Waals surface area contributed by atoms with Crippen molar-refractivity contribution < 1.29 is 0 Å². The van der Waals surface area contributed by atoms with E-state index in [0.29, 0.717) is 0 Å². The first-order valence-corrected chi connectivity index (χ1v) is 16.6. The third-order valence-corrected chi connectivity index (χ3v) is 10.7. The molecule has 2 nitrogen and oxygen atoms in total. The number of hydrogen-bond acceptors (Lipinski definition) is 3. The molecule has 0 amide bonds. The number of thiophene rings is 1. The maximum Gasteiger partial charge on any atom is 0.161 e. The van der Waals surface area contributed by atoms with Crippen LogP contribution in [0.1, 0.15) is 25.0 Å². The zero-order chi connectivity index (χ0) is 30.8. The first kappa shape index (κ1) is 27.0. The van der Waals surface area contributed by atoms with E-state index in [4.69, 9.17) is 9.97 Å². The molecule has 0 fully saturated rings. The number of nitrogens with zero attached hydrogens (tertiary/aromatic N) is 2. The second kappa shape index (κ2) is 10.3. The van der Waals surface area contributed by atoms with E-state index < -0.39 is 0 Å². The molecule has 2 heterocycles. The Morgan fingerprint density at radius 3 is 1.80 bits per heavy atom. The molecule has 3 heteroatoms. The van der Waals surface area contributed by atoms with Crippen LogP contribution in [-0.2, 0) is 5.41 Å². The lowest BCUT2D eigenvalue weighted by atomic mass is 9.81. The van der Waals surface area contributed by atoms with Crippen LogP contribution in [0.4, 0.5) is 0 Å². The van der Waals surface area contributed by atoms with Crippen molar-refractivity contribution in [2.75, 3.05) is 0 Å². The van der Waals surface area contributed by atoms with Gasteiger partial charge < -0.3 is 0 Å². The fourth-order valence-corrected chi connectivity index (χ4v) is 8.44. The SMILES string of the molecule is CC1(C)c2ccccc2-c2ccc(-c3ccc(-c4nc(-c5ccccc5)cc(-c5ccccc5)n4)c4sc5ccccc5c34)cc21. The highest BCUT2D eigenvalue weighted by molar-refractivity contribution is 7.26. The Bertz CT molecular complexity index is 2380. The lowest BCUT2D eigenvalue weighted by Crippen LogP contribution is -2.14. The third kappa shape index (κ3) is 4.16. The normalized spacial score (nSPS) is 13.2. The monoisotopic (exact) mass is 606 g/mol. The van der Waals surface area contributed by atoms with Crippen LogP contribution < -0.4 is 0 Å². The molecule has 9 rings (SSSR count). The van der Waals surface area contributed by atoms with Gasteiger partial charge in [-0.05, 0) is 57.6 Å². The summed E-state index contributed by atoms with van der Waals surface area (Å²) in [4.78, 5) is 10.4. The van der Waals surface area contributed by atoms with E-state index in [1.807, 2.05) is 23.5 Å². The van der Waals surface area contributed by atoms with Crippen molar-refractivity contribution in [3.63, 3.8) is 0 Å². The number of rotatable bonds is 4. The largest absolute Gasteiger partial charge is 0.228 e. The molecule has 6 aromatic carbocycles. The van der Waals surface area contributed by atoms with Gasteiger partial charge in [-0.1, -0.05) is 135 Å². The Morgan fingerprint density at radius 2 is 1.07 bits per heavy atom. The molecule has 0 saturated heterocycles. The summed E-state index contributed by atoms with van der Waals surface area (Å²) in [7, 11) is 0. The first-order valence-electron chi connectivity index (χ1n) is 15.8. The highest BCUT2D eigenvalue weighted by Crippen LogP contribution is 2.51. The van der Waals surface area contributed by atoms with Gasteiger partial charge in [-0.3, -0.25) is 0 Å². The second-order valence-electron chi connectivity index (χ2n) is 12.6. The second-order valence-corrected chi connectivity index (χ2v) is 13.6. The predicted molar refractivity (Wildman–Crippen MR) is 194 cm³/mol. The molecular formula is C43H30N2S. The molecular weight excluding hydrogens is 577 g/mol. The predicted octanol–water partition coefficient (Wildman–Crippen LogP) is 11.8. The lowest BCUT2D eigenvalue weighted by molar-refractivity contribution is 0.660. The Kier molecular flexibility index (Phi) is 6.06. The third-order valence-electron chi connectivity index (χ3n) is 9.53. The minimum atomic E-state index is -0.0583. The minimum absolute atomic E-state index is 0.0583. The van der Waals surface area contributed by atoms with Crippen molar-refractivity contribution in [3.05, 3.63) is 157 Å². The van der Waals surface area contributed by atoms with E-state index in [9.17, 15) is 0 Å². The first-order chi connectivity index (χ1) is 22.6. The van der Waals surface area contributed by atoms with Crippen molar-refractivity contribution >= 4 is 31.5 Å². The standard InChI is InChI=1S/C43H30N2S/c1-43(2)35-19-11-9-17-31(35)32-22-21-29(25-36(32)43)30-23-24-34(41-40(30)33-18-10-12-20-39(33)46-41)42-44-37(27-13-5-3-6-14-27)26-38(45-42)28-15-7-4-8-16-28/h3-26H,1-2H3. The summed E-state index contributed by atoms with van der Waals surface area (Å²) in [5, 5.41) is 2.53. The zero-order valence-corrected chi connectivity index (χ0v) is 26.5. The van der Waals surface area contributed by atoms with Gasteiger partial charge in [0.15, 0.2) is 5.82 Å². The molecule has 0 spiro atoms. The number of aromatic nitrogens is 2. The highest BCUT2D eigenvalue weighted by atomic mass is 32.1. The van der Waals surface area contributed by atoms with Gasteiger partial charge in [-0.2, -0.15) is 0 Å². The molecule has 0 aliphatic heterocycles. The summed E-state index contributed by atoms with van der Waals surface area (Å²) >= 11 is 1.83. The van der Waals surface area contributed by atoms with Gasteiger partial charge in [0, 0.05) is 42.3 Å². The molecule has 0 unspecified atom stereocenters. The van der Waals surface area contributed by atoms with Gasteiger partial charge in [-0.15, -0.1) is 11.3 Å². The quantitative estimate of drug-likeness (QED) is 0.199. The van der Waals surface area contributed by atoms with Gasteiger partial charge in [0.25, 0.3) is 0 Å². The van der Waals surface area contributed by atoms with E-state index in [2.05, 4.69) is 147 Å². The average molecular weight is 607 g/mol. The number of fused-ring (bicyclic) bond motifs is 6. The Labute approximate surface area is 272 Å². The van der Waals surface area contributed by atoms with Crippen LogP contribution in [0.2, 0.25) is 0 Å². The van der Waals surface area contributed by atoms with Crippen LogP contribution in [0, 0.1) is 0 Å². The molecule has 0 radical (unpaired) electrons.